The standard InChI is InChI=1S/C11H24N2O2/c1-10(7-14-4)13(3)5-6-15-11(2)8-12-9-11/h10,12H,5-9H2,1-4H3. The van der Waals surface area contributed by atoms with E-state index in [1.54, 1.807) is 7.11 Å². The third kappa shape index (κ3) is 4.07. The van der Waals surface area contributed by atoms with Gasteiger partial charge in [0.1, 0.15) is 0 Å². The number of nitrogens with one attached hydrogen (secondary N) is 1. The summed E-state index contributed by atoms with van der Waals surface area (Å²) in [6.45, 7) is 8.80. The molecule has 90 valence electrons. The second kappa shape index (κ2) is 5.80. The van der Waals surface area contributed by atoms with Crippen LogP contribution in [-0.4, -0.2) is 63.5 Å². The van der Waals surface area contributed by atoms with Gasteiger partial charge in [0.15, 0.2) is 0 Å². The predicted octanol–water partition coefficient (Wildman–Crippen LogP) is 0.332. The molecular weight excluding hydrogens is 192 g/mol. The number of hydrogen-bond acceptors (Lipinski definition) is 4. The molecule has 1 fully saturated rings. The molecule has 0 radical (unpaired) electrons. The van der Waals surface area contributed by atoms with Crippen molar-refractivity contribution in [2.75, 3.05) is 47.0 Å². The van der Waals surface area contributed by atoms with Crippen LogP contribution in [0.15, 0.2) is 0 Å². The fourth-order valence-electron chi connectivity index (χ4n) is 1.60. The van der Waals surface area contributed by atoms with Crippen molar-refractivity contribution in [1.82, 2.24) is 10.2 Å². The molecule has 0 aromatic rings. The molecule has 1 aliphatic heterocycles. The Kier molecular flexibility index (Phi) is 4.99. The molecule has 4 nitrogen and oxygen atoms in total. The molecule has 1 unspecified atom stereocenters. The van der Waals surface area contributed by atoms with Crippen molar-refractivity contribution in [2.24, 2.45) is 0 Å². The van der Waals surface area contributed by atoms with Gasteiger partial charge in [-0.25, -0.2) is 0 Å². The monoisotopic (exact) mass is 216 g/mol. The first-order chi connectivity index (χ1) is 7.07. The molecule has 1 rings (SSSR count). The number of nitrogens with zero attached hydrogens (tertiary/aromatic N) is 1. The van der Waals surface area contributed by atoms with Crippen LogP contribution in [0.5, 0.6) is 0 Å². The van der Waals surface area contributed by atoms with Gasteiger partial charge in [0.2, 0.25) is 0 Å². The average Bonchev–Trinajstić information content (AvgIpc) is 2.15. The molecular formula is C11H24N2O2. The average molecular weight is 216 g/mol. The van der Waals surface area contributed by atoms with E-state index in [4.69, 9.17) is 9.47 Å². The Morgan fingerprint density at radius 2 is 2.13 bits per heavy atom. The minimum atomic E-state index is 0.0747. The van der Waals surface area contributed by atoms with Crippen molar-refractivity contribution in [3.8, 4) is 0 Å². The minimum absolute atomic E-state index is 0.0747. The van der Waals surface area contributed by atoms with Crippen LogP contribution in [0.25, 0.3) is 0 Å². The maximum absolute atomic E-state index is 5.82. The number of ether oxygens (including phenoxy) is 2. The maximum atomic E-state index is 5.82. The zero-order valence-electron chi connectivity index (χ0n) is 10.4. The van der Waals surface area contributed by atoms with Gasteiger partial charge < -0.3 is 14.8 Å². The molecule has 0 aliphatic carbocycles. The highest BCUT2D eigenvalue weighted by Crippen LogP contribution is 2.14. The third-order valence-corrected chi connectivity index (χ3v) is 3.05. The summed E-state index contributed by atoms with van der Waals surface area (Å²) in [7, 11) is 3.84. The molecule has 15 heavy (non-hydrogen) atoms. The zero-order valence-corrected chi connectivity index (χ0v) is 10.4. The van der Waals surface area contributed by atoms with Gasteiger partial charge in [-0.1, -0.05) is 0 Å². The molecule has 0 spiro atoms. The van der Waals surface area contributed by atoms with Gasteiger partial charge in [0.05, 0.1) is 18.8 Å². The highest BCUT2D eigenvalue weighted by Gasteiger charge is 2.32. The van der Waals surface area contributed by atoms with E-state index in [1.165, 1.54) is 0 Å². The fraction of sp³-hybridized carbons (Fsp3) is 1.00. The fourth-order valence-corrected chi connectivity index (χ4v) is 1.60. The maximum Gasteiger partial charge on any atom is 0.0902 e. The van der Waals surface area contributed by atoms with Crippen LogP contribution in [0.2, 0.25) is 0 Å². The highest BCUT2D eigenvalue weighted by molar-refractivity contribution is 4.90. The first-order valence-electron chi connectivity index (χ1n) is 5.61. The van der Waals surface area contributed by atoms with E-state index < -0.39 is 0 Å². The summed E-state index contributed by atoms with van der Waals surface area (Å²) in [4.78, 5) is 2.26. The topological polar surface area (TPSA) is 33.7 Å². The number of rotatable bonds is 7. The summed E-state index contributed by atoms with van der Waals surface area (Å²) in [6, 6.07) is 0.450. The molecule has 0 aromatic heterocycles. The minimum Gasteiger partial charge on any atom is -0.383 e. The van der Waals surface area contributed by atoms with E-state index in [0.29, 0.717) is 6.04 Å². The van der Waals surface area contributed by atoms with Crippen LogP contribution >= 0.6 is 0 Å². The number of methoxy groups -OCH3 is 1. The molecule has 1 N–H and O–H groups in total. The van der Waals surface area contributed by atoms with E-state index in [0.717, 1.165) is 32.8 Å². The van der Waals surface area contributed by atoms with E-state index in [1.807, 2.05) is 0 Å². The van der Waals surface area contributed by atoms with Crippen LogP contribution in [0.4, 0.5) is 0 Å². The molecule has 0 saturated carbocycles. The molecule has 0 amide bonds. The van der Waals surface area contributed by atoms with Crippen LogP contribution in [0.3, 0.4) is 0 Å². The molecule has 0 aromatic carbocycles. The van der Waals surface area contributed by atoms with Gasteiger partial charge in [-0.2, -0.15) is 0 Å². The SMILES string of the molecule is COCC(C)N(C)CCOC1(C)CNC1. The Morgan fingerprint density at radius 3 is 2.60 bits per heavy atom. The lowest BCUT2D eigenvalue weighted by atomic mass is 10.0. The predicted molar refractivity (Wildman–Crippen MR) is 61.2 cm³/mol. The second-order valence-corrected chi connectivity index (χ2v) is 4.69. The summed E-state index contributed by atoms with van der Waals surface area (Å²) in [6.07, 6.45) is 0. The molecule has 1 heterocycles. The first kappa shape index (κ1) is 12.9. The van der Waals surface area contributed by atoms with Crippen LogP contribution in [-0.2, 0) is 9.47 Å². The summed E-state index contributed by atoms with van der Waals surface area (Å²) in [5.74, 6) is 0. The largest absolute Gasteiger partial charge is 0.383 e. The van der Waals surface area contributed by atoms with Crippen molar-refractivity contribution in [1.29, 1.82) is 0 Å². The van der Waals surface area contributed by atoms with E-state index in [2.05, 4.69) is 31.1 Å². The van der Waals surface area contributed by atoms with Crippen molar-refractivity contribution < 1.29 is 9.47 Å². The second-order valence-electron chi connectivity index (χ2n) is 4.69. The van der Waals surface area contributed by atoms with Gasteiger partial charge in [-0.15, -0.1) is 0 Å². The van der Waals surface area contributed by atoms with E-state index in [9.17, 15) is 0 Å². The summed E-state index contributed by atoms with van der Waals surface area (Å²) in [5.41, 5.74) is 0.0747. The first-order valence-corrected chi connectivity index (χ1v) is 5.61. The van der Waals surface area contributed by atoms with Gasteiger partial charge in [0, 0.05) is 32.8 Å². The van der Waals surface area contributed by atoms with Gasteiger partial charge in [-0.05, 0) is 20.9 Å². The van der Waals surface area contributed by atoms with Crippen molar-refractivity contribution in [3.05, 3.63) is 0 Å². The Morgan fingerprint density at radius 1 is 1.47 bits per heavy atom. The molecule has 1 atom stereocenters. The molecule has 1 saturated heterocycles. The van der Waals surface area contributed by atoms with Crippen molar-refractivity contribution >= 4 is 0 Å². The molecule has 0 bridgehead atoms. The lowest BCUT2D eigenvalue weighted by Gasteiger charge is -2.39. The highest BCUT2D eigenvalue weighted by atomic mass is 16.5. The number of likely N-dealkylation sites (N-methyl/N-ethyl adjacent to an activating group) is 1. The van der Waals surface area contributed by atoms with Gasteiger partial charge in [0.25, 0.3) is 0 Å². The quantitative estimate of drug-likeness (QED) is 0.665. The van der Waals surface area contributed by atoms with E-state index >= 15 is 0 Å². The van der Waals surface area contributed by atoms with Crippen molar-refractivity contribution in [2.45, 2.75) is 25.5 Å². The van der Waals surface area contributed by atoms with Crippen LogP contribution < -0.4 is 5.32 Å². The smallest absolute Gasteiger partial charge is 0.0902 e. The summed E-state index contributed by atoms with van der Waals surface area (Å²) < 4.78 is 10.9. The molecule has 4 heteroatoms. The van der Waals surface area contributed by atoms with Crippen LogP contribution in [0, 0.1) is 0 Å². The third-order valence-electron chi connectivity index (χ3n) is 3.05. The van der Waals surface area contributed by atoms with Crippen LogP contribution in [0.1, 0.15) is 13.8 Å². The van der Waals surface area contributed by atoms with Gasteiger partial charge in [-0.3, -0.25) is 4.90 Å². The number of hydrogen-bond donors (Lipinski definition) is 1. The Balaban J connectivity index is 2.08. The summed E-state index contributed by atoms with van der Waals surface area (Å²) in [5, 5.41) is 3.22. The Hall–Kier alpha value is -0.160. The summed E-state index contributed by atoms with van der Waals surface area (Å²) >= 11 is 0. The Labute approximate surface area is 92.9 Å². The lowest BCUT2D eigenvalue weighted by molar-refractivity contribution is -0.0736. The van der Waals surface area contributed by atoms with E-state index in [-0.39, 0.29) is 5.60 Å². The van der Waals surface area contributed by atoms with Gasteiger partial charge >= 0.3 is 0 Å². The zero-order chi connectivity index (χ0) is 11.3. The van der Waals surface area contributed by atoms with Crippen molar-refractivity contribution in [3.63, 3.8) is 0 Å². The Bertz CT molecular complexity index is 183. The lowest BCUT2D eigenvalue weighted by Crippen LogP contribution is -2.59. The normalized spacial score (nSPS) is 21.4. The molecule has 1 aliphatic rings.